The maximum Gasteiger partial charge on any atom is 0.166 e. The van der Waals surface area contributed by atoms with Gasteiger partial charge in [0.25, 0.3) is 0 Å². The lowest BCUT2D eigenvalue weighted by Crippen LogP contribution is -2.24. The third-order valence-corrected chi connectivity index (χ3v) is 3.83. The van der Waals surface area contributed by atoms with Crippen molar-refractivity contribution in [3.8, 4) is 17.2 Å². The average molecular weight is 265 g/mol. The minimum Gasteiger partial charge on any atom is -0.496 e. The molecular formula is C15H23NO3. The van der Waals surface area contributed by atoms with Crippen molar-refractivity contribution in [2.45, 2.75) is 26.3 Å². The third-order valence-electron chi connectivity index (χ3n) is 3.83. The van der Waals surface area contributed by atoms with Crippen molar-refractivity contribution in [2.24, 2.45) is 5.92 Å². The van der Waals surface area contributed by atoms with Gasteiger partial charge in [0.15, 0.2) is 11.5 Å². The quantitative estimate of drug-likeness (QED) is 0.888. The Hall–Kier alpha value is -1.42. The molecule has 1 aliphatic rings. The molecule has 1 aromatic carbocycles. The van der Waals surface area contributed by atoms with Gasteiger partial charge in [0.05, 0.1) is 21.3 Å². The van der Waals surface area contributed by atoms with Gasteiger partial charge in [0.1, 0.15) is 5.75 Å². The van der Waals surface area contributed by atoms with Crippen molar-refractivity contribution in [2.75, 3.05) is 27.9 Å². The van der Waals surface area contributed by atoms with Gasteiger partial charge in [-0.2, -0.15) is 0 Å². The summed E-state index contributed by atoms with van der Waals surface area (Å²) in [5.74, 6) is 2.97. The lowest BCUT2D eigenvalue weighted by Gasteiger charge is -2.21. The molecule has 1 N–H and O–H groups in total. The number of hydrogen-bond donors (Lipinski definition) is 1. The number of hydrogen-bond acceptors (Lipinski definition) is 4. The number of nitrogens with one attached hydrogen (secondary N) is 1. The SMILES string of the molecule is CCNC1c2c(c(OC)cc(OC)c2OC)CC1C. The van der Waals surface area contributed by atoms with Crippen LogP contribution in [0, 0.1) is 5.92 Å². The summed E-state index contributed by atoms with van der Waals surface area (Å²) in [4.78, 5) is 0. The molecule has 106 valence electrons. The molecule has 1 aliphatic carbocycles. The second-order valence-electron chi connectivity index (χ2n) is 4.92. The maximum atomic E-state index is 5.58. The average Bonchev–Trinajstić information content (AvgIpc) is 2.74. The summed E-state index contributed by atoms with van der Waals surface area (Å²) in [6.07, 6.45) is 0.997. The summed E-state index contributed by atoms with van der Waals surface area (Å²) in [6.45, 7) is 5.30. The first-order valence-electron chi connectivity index (χ1n) is 6.72. The van der Waals surface area contributed by atoms with Crippen molar-refractivity contribution in [1.82, 2.24) is 5.32 Å². The van der Waals surface area contributed by atoms with E-state index in [4.69, 9.17) is 14.2 Å². The van der Waals surface area contributed by atoms with Crippen molar-refractivity contribution in [1.29, 1.82) is 0 Å². The molecule has 4 heteroatoms. The lowest BCUT2D eigenvalue weighted by molar-refractivity contribution is 0.338. The second kappa shape index (κ2) is 5.70. The Balaban J connectivity index is 2.61. The maximum absolute atomic E-state index is 5.58. The van der Waals surface area contributed by atoms with Crippen LogP contribution < -0.4 is 19.5 Å². The minimum absolute atomic E-state index is 0.291. The van der Waals surface area contributed by atoms with Crippen LogP contribution in [0.5, 0.6) is 17.2 Å². The lowest BCUT2D eigenvalue weighted by atomic mass is 10.0. The predicted molar refractivity (Wildman–Crippen MR) is 75.4 cm³/mol. The molecule has 0 bridgehead atoms. The van der Waals surface area contributed by atoms with Gasteiger partial charge in [-0.25, -0.2) is 0 Å². The molecule has 19 heavy (non-hydrogen) atoms. The fraction of sp³-hybridized carbons (Fsp3) is 0.600. The van der Waals surface area contributed by atoms with E-state index in [1.165, 1.54) is 11.1 Å². The van der Waals surface area contributed by atoms with Crippen LogP contribution in [0.1, 0.15) is 31.0 Å². The van der Waals surface area contributed by atoms with E-state index in [1.807, 2.05) is 6.07 Å². The van der Waals surface area contributed by atoms with Crippen LogP contribution in [0.2, 0.25) is 0 Å². The molecule has 0 aliphatic heterocycles. The van der Waals surface area contributed by atoms with Gasteiger partial charge < -0.3 is 19.5 Å². The molecule has 0 radical (unpaired) electrons. The van der Waals surface area contributed by atoms with Crippen LogP contribution in [0.15, 0.2) is 6.07 Å². The minimum atomic E-state index is 0.291. The summed E-state index contributed by atoms with van der Waals surface area (Å²) in [5.41, 5.74) is 2.42. The first-order chi connectivity index (χ1) is 9.17. The Morgan fingerprint density at radius 2 is 1.84 bits per heavy atom. The molecule has 0 saturated carbocycles. The number of benzene rings is 1. The van der Waals surface area contributed by atoms with E-state index in [2.05, 4.69) is 19.2 Å². The normalized spacial score (nSPS) is 21.1. The molecule has 2 rings (SSSR count). The van der Waals surface area contributed by atoms with Gasteiger partial charge in [-0.15, -0.1) is 0 Å². The summed E-state index contributed by atoms with van der Waals surface area (Å²) in [5, 5.41) is 3.54. The third kappa shape index (κ3) is 2.25. The molecule has 0 aromatic heterocycles. The van der Waals surface area contributed by atoms with Gasteiger partial charge in [-0.05, 0) is 18.9 Å². The predicted octanol–water partition coefficient (Wildman–Crippen LogP) is 2.56. The Morgan fingerprint density at radius 1 is 1.16 bits per heavy atom. The van der Waals surface area contributed by atoms with Crippen LogP contribution >= 0.6 is 0 Å². The highest BCUT2D eigenvalue weighted by Gasteiger charge is 2.35. The molecule has 0 amide bonds. The summed E-state index contributed by atoms with van der Waals surface area (Å²) >= 11 is 0. The summed E-state index contributed by atoms with van der Waals surface area (Å²) in [7, 11) is 5.05. The molecule has 0 fully saturated rings. The molecular weight excluding hydrogens is 242 g/mol. The topological polar surface area (TPSA) is 39.7 Å². The van der Waals surface area contributed by atoms with Crippen LogP contribution in [0.3, 0.4) is 0 Å². The Labute approximate surface area is 115 Å². The Morgan fingerprint density at radius 3 is 2.37 bits per heavy atom. The van der Waals surface area contributed by atoms with E-state index in [0.717, 1.165) is 30.2 Å². The second-order valence-corrected chi connectivity index (χ2v) is 4.92. The van der Waals surface area contributed by atoms with Gasteiger partial charge in [0, 0.05) is 23.2 Å². The van der Waals surface area contributed by atoms with Crippen molar-refractivity contribution < 1.29 is 14.2 Å². The summed E-state index contributed by atoms with van der Waals surface area (Å²) < 4.78 is 16.5. The highest BCUT2D eigenvalue weighted by atomic mass is 16.5. The Bertz CT molecular complexity index is 459. The Kier molecular flexibility index (Phi) is 4.20. The molecule has 4 nitrogen and oxygen atoms in total. The van der Waals surface area contributed by atoms with Crippen molar-refractivity contribution in [3.63, 3.8) is 0 Å². The van der Waals surface area contributed by atoms with Crippen LogP contribution in [0.25, 0.3) is 0 Å². The number of methoxy groups -OCH3 is 3. The van der Waals surface area contributed by atoms with Gasteiger partial charge in [-0.3, -0.25) is 0 Å². The zero-order valence-electron chi connectivity index (χ0n) is 12.4. The molecule has 0 heterocycles. The number of rotatable bonds is 5. The first-order valence-corrected chi connectivity index (χ1v) is 6.72. The summed E-state index contributed by atoms with van der Waals surface area (Å²) in [6, 6.07) is 2.21. The molecule has 2 unspecified atom stereocenters. The van der Waals surface area contributed by atoms with E-state index in [9.17, 15) is 0 Å². The zero-order chi connectivity index (χ0) is 14.0. The van der Waals surface area contributed by atoms with Gasteiger partial charge >= 0.3 is 0 Å². The van der Waals surface area contributed by atoms with Crippen molar-refractivity contribution >= 4 is 0 Å². The fourth-order valence-electron chi connectivity index (χ4n) is 3.01. The van der Waals surface area contributed by atoms with Crippen molar-refractivity contribution in [3.05, 3.63) is 17.2 Å². The molecule has 0 saturated heterocycles. The van der Waals surface area contributed by atoms with E-state index >= 15 is 0 Å². The smallest absolute Gasteiger partial charge is 0.166 e. The standard InChI is InChI=1S/C15H23NO3/c1-6-16-14-9(2)7-10-11(17-3)8-12(18-4)15(19-5)13(10)14/h8-9,14,16H,6-7H2,1-5H3. The van der Waals surface area contributed by atoms with E-state index in [-0.39, 0.29) is 0 Å². The van der Waals surface area contributed by atoms with Crippen LogP contribution in [-0.2, 0) is 6.42 Å². The highest BCUT2D eigenvalue weighted by molar-refractivity contribution is 5.60. The highest BCUT2D eigenvalue weighted by Crippen LogP contribution is 2.49. The number of ether oxygens (including phenoxy) is 3. The fourth-order valence-corrected chi connectivity index (χ4v) is 3.01. The molecule has 0 spiro atoms. The molecule has 2 atom stereocenters. The van der Waals surface area contributed by atoms with E-state index < -0.39 is 0 Å². The zero-order valence-corrected chi connectivity index (χ0v) is 12.4. The molecule has 1 aromatic rings. The number of fused-ring (bicyclic) bond motifs is 1. The van der Waals surface area contributed by atoms with Crippen LogP contribution in [0.4, 0.5) is 0 Å². The van der Waals surface area contributed by atoms with Crippen LogP contribution in [-0.4, -0.2) is 27.9 Å². The first kappa shape index (κ1) is 14.0. The van der Waals surface area contributed by atoms with E-state index in [1.54, 1.807) is 21.3 Å². The monoisotopic (exact) mass is 265 g/mol. The largest absolute Gasteiger partial charge is 0.496 e. The van der Waals surface area contributed by atoms with Gasteiger partial charge in [-0.1, -0.05) is 13.8 Å². The van der Waals surface area contributed by atoms with Gasteiger partial charge in [0.2, 0.25) is 0 Å². The van der Waals surface area contributed by atoms with E-state index in [0.29, 0.717) is 12.0 Å².